The summed E-state index contributed by atoms with van der Waals surface area (Å²) in [5.74, 6) is 0.435. The molecule has 1 atom stereocenters. The number of hydrogen-bond donors (Lipinski definition) is 1. The van der Waals surface area contributed by atoms with Crippen molar-refractivity contribution in [1.29, 1.82) is 0 Å². The molecule has 1 N–H and O–H groups in total. The van der Waals surface area contributed by atoms with Gasteiger partial charge in [0.05, 0.1) is 12.6 Å². The molecule has 0 bridgehead atoms. The van der Waals surface area contributed by atoms with E-state index in [1.165, 1.54) is 17.8 Å². The van der Waals surface area contributed by atoms with Gasteiger partial charge in [-0.25, -0.2) is 4.79 Å². The molecule has 1 aromatic heterocycles. The number of rotatable bonds is 4. The predicted octanol–water partition coefficient (Wildman–Crippen LogP) is 1.45. The number of ether oxygens (including phenoxy) is 1. The molecule has 2 aromatic rings. The molecule has 1 aliphatic rings. The standard InChI is InChI=1S/C18H21N3O4/c1-3-25-13-8-6-12(7-9-13)15-5-4-10-21(15)17(23)14-11-20(2)18(24)19-16(14)22/h6-9,11,15H,3-5,10H2,1-2H3,(H,19,22,24). The second-order valence-electron chi connectivity index (χ2n) is 6.07. The number of aromatic amines is 1. The Morgan fingerprint density at radius 2 is 2.00 bits per heavy atom. The first-order valence-electron chi connectivity index (χ1n) is 8.35. The van der Waals surface area contributed by atoms with E-state index in [-0.39, 0.29) is 17.5 Å². The van der Waals surface area contributed by atoms with Crippen molar-refractivity contribution in [2.75, 3.05) is 13.2 Å². The Bertz CT molecular complexity index is 882. The fraction of sp³-hybridized carbons (Fsp3) is 0.389. The maximum atomic E-state index is 12.9. The Morgan fingerprint density at radius 1 is 1.28 bits per heavy atom. The summed E-state index contributed by atoms with van der Waals surface area (Å²) in [6.07, 6.45) is 3.01. The Labute approximate surface area is 144 Å². The summed E-state index contributed by atoms with van der Waals surface area (Å²) in [4.78, 5) is 40.2. The summed E-state index contributed by atoms with van der Waals surface area (Å²) in [6, 6.07) is 7.59. The zero-order chi connectivity index (χ0) is 18.0. The third-order valence-electron chi connectivity index (χ3n) is 4.43. The summed E-state index contributed by atoms with van der Waals surface area (Å²) in [7, 11) is 1.50. The lowest BCUT2D eigenvalue weighted by Crippen LogP contribution is -2.38. The van der Waals surface area contributed by atoms with Gasteiger partial charge in [0.25, 0.3) is 11.5 Å². The van der Waals surface area contributed by atoms with E-state index in [0.29, 0.717) is 13.2 Å². The second-order valence-corrected chi connectivity index (χ2v) is 6.07. The molecule has 25 heavy (non-hydrogen) atoms. The van der Waals surface area contributed by atoms with Crippen molar-refractivity contribution in [2.45, 2.75) is 25.8 Å². The Morgan fingerprint density at radius 3 is 2.68 bits per heavy atom. The van der Waals surface area contributed by atoms with Crippen LogP contribution in [0.5, 0.6) is 5.75 Å². The van der Waals surface area contributed by atoms with Gasteiger partial charge in [0.1, 0.15) is 11.3 Å². The largest absolute Gasteiger partial charge is 0.494 e. The summed E-state index contributed by atoms with van der Waals surface area (Å²) < 4.78 is 6.65. The first kappa shape index (κ1) is 17.0. The number of H-pyrrole nitrogens is 1. The second kappa shape index (κ2) is 6.96. The Hall–Kier alpha value is -2.83. The van der Waals surface area contributed by atoms with Crippen LogP contribution in [0.4, 0.5) is 0 Å². The molecule has 0 saturated carbocycles. The van der Waals surface area contributed by atoms with E-state index in [2.05, 4.69) is 4.98 Å². The number of benzene rings is 1. The van der Waals surface area contributed by atoms with Gasteiger partial charge < -0.3 is 14.2 Å². The SMILES string of the molecule is CCOc1ccc(C2CCCN2C(=O)c2cn(C)c(=O)[nH]c2=O)cc1. The third-order valence-corrected chi connectivity index (χ3v) is 4.43. The van der Waals surface area contributed by atoms with Gasteiger partial charge in [-0.15, -0.1) is 0 Å². The van der Waals surface area contributed by atoms with Gasteiger partial charge in [-0.05, 0) is 37.5 Å². The molecule has 1 unspecified atom stereocenters. The lowest BCUT2D eigenvalue weighted by atomic mass is 10.0. The minimum absolute atomic E-state index is 0.0139. The maximum Gasteiger partial charge on any atom is 0.328 e. The number of aryl methyl sites for hydroxylation is 1. The van der Waals surface area contributed by atoms with Crippen LogP contribution in [0.1, 0.15) is 41.7 Å². The highest BCUT2D eigenvalue weighted by molar-refractivity contribution is 5.94. The van der Waals surface area contributed by atoms with Gasteiger partial charge in [0.15, 0.2) is 0 Å². The average Bonchev–Trinajstić information content (AvgIpc) is 3.08. The number of aromatic nitrogens is 2. The van der Waals surface area contributed by atoms with Crippen molar-refractivity contribution >= 4 is 5.91 Å². The first-order valence-corrected chi connectivity index (χ1v) is 8.35. The molecular weight excluding hydrogens is 322 g/mol. The summed E-state index contributed by atoms with van der Waals surface area (Å²) in [6.45, 7) is 3.11. The molecule has 2 heterocycles. The van der Waals surface area contributed by atoms with Crippen LogP contribution < -0.4 is 16.0 Å². The number of nitrogens with one attached hydrogen (secondary N) is 1. The third kappa shape index (κ3) is 3.35. The minimum atomic E-state index is -0.648. The molecule has 1 amide bonds. The molecule has 0 radical (unpaired) electrons. The van der Waals surface area contributed by atoms with Crippen molar-refractivity contribution in [3.63, 3.8) is 0 Å². The molecule has 132 valence electrons. The fourth-order valence-corrected chi connectivity index (χ4v) is 3.18. The van der Waals surface area contributed by atoms with Crippen LogP contribution in [0.15, 0.2) is 40.1 Å². The van der Waals surface area contributed by atoms with Crippen LogP contribution in [0.25, 0.3) is 0 Å². The molecule has 0 aliphatic carbocycles. The maximum absolute atomic E-state index is 12.9. The monoisotopic (exact) mass is 343 g/mol. The molecule has 1 saturated heterocycles. The van der Waals surface area contributed by atoms with Crippen molar-refractivity contribution in [3.8, 4) is 5.75 Å². The van der Waals surface area contributed by atoms with E-state index in [9.17, 15) is 14.4 Å². The quantitative estimate of drug-likeness (QED) is 0.911. The average molecular weight is 343 g/mol. The minimum Gasteiger partial charge on any atom is -0.494 e. The normalized spacial score (nSPS) is 16.9. The van der Waals surface area contributed by atoms with Crippen LogP contribution in [0, 0.1) is 0 Å². The number of hydrogen-bond acceptors (Lipinski definition) is 4. The molecule has 7 nitrogen and oxygen atoms in total. The lowest BCUT2D eigenvalue weighted by molar-refractivity contribution is 0.0732. The number of carbonyl (C=O) groups excluding carboxylic acids is 1. The highest BCUT2D eigenvalue weighted by atomic mass is 16.5. The smallest absolute Gasteiger partial charge is 0.328 e. The molecule has 1 aliphatic heterocycles. The van der Waals surface area contributed by atoms with Crippen LogP contribution >= 0.6 is 0 Å². The summed E-state index contributed by atoms with van der Waals surface area (Å²) in [5.41, 5.74) is -0.188. The molecule has 0 spiro atoms. The molecule has 1 fully saturated rings. The van der Waals surface area contributed by atoms with E-state index >= 15 is 0 Å². The zero-order valence-corrected chi connectivity index (χ0v) is 14.3. The van der Waals surface area contributed by atoms with Gasteiger partial charge in [-0.2, -0.15) is 0 Å². The zero-order valence-electron chi connectivity index (χ0n) is 14.3. The number of nitrogens with zero attached hydrogens (tertiary/aromatic N) is 2. The van der Waals surface area contributed by atoms with Crippen molar-refractivity contribution in [1.82, 2.24) is 14.5 Å². The molecular formula is C18H21N3O4. The van der Waals surface area contributed by atoms with Gasteiger partial charge >= 0.3 is 5.69 Å². The van der Waals surface area contributed by atoms with Crippen LogP contribution in [0.2, 0.25) is 0 Å². The lowest BCUT2D eigenvalue weighted by Gasteiger charge is -2.25. The highest BCUT2D eigenvalue weighted by Crippen LogP contribution is 2.33. The fourth-order valence-electron chi connectivity index (χ4n) is 3.18. The van der Waals surface area contributed by atoms with Crippen molar-refractivity contribution in [3.05, 3.63) is 62.4 Å². The molecule has 7 heteroatoms. The Balaban J connectivity index is 1.88. The number of carbonyl (C=O) groups is 1. The van der Waals surface area contributed by atoms with E-state index in [1.54, 1.807) is 4.90 Å². The van der Waals surface area contributed by atoms with Gasteiger partial charge in [0, 0.05) is 19.8 Å². The first-order chi connectivity index (χ1) is 12.0. The summed E-state index contributed by atoms with van der Waals surface area (Å²) in [5, 5.41) is 0. The predicted molar refractivity (Wildman–Crippen MR) is 92.9 cm³/mol. The molecule has 1 aromatic carbocycles. The highest BCUT2D eigenvalue weighted by Gasteiger charge is 2.32. The van der Waals surface area contributed by atoms with E-state index < -0.39 is 11.2 Å². The topological polar surface area (TPSA) is 84.4 Å². The van der Waals surface area contributed by atoms with Crippen LogP contribution in [-0.2, 0) is 7.05 Å². The Kier molecular flexibility index (Phi) is 4.74. The van der Waals surface area contributed by atoms with Gasteiger partial charge in [0.2, 0.25) is 0 Å². The van der Waals surface area contributed by atoms with E-state index in [4.69, 9.17) is 4.74 Å². The van der Waals surface area contributed by atoms with E-state index in [0.717, 1.165) is 24.2 Å². The number of likely N-dealkylation sites (tertiary alicyclic amines) is 1. The molecule has 3 rings (SSSR count). The summed E-state index contributed by atoms with van der Waals surface area (Å²) >= 11 is 0. The van der Waals surface area contributed by atoms with Crippen molar-refractivity contribution in [2.24, 2.45) is 7.05 Å². The number of amides is 1. The van der Waals surface area contributed by atoms with Crippen LogP contribution in [0.3, 0.4) is 0 Å². The van der Waals surface area contributed by atoms with Gasteiger partial charge in [-0.1, -0.05) is 12.1 Å². The van der Waals surface area contributed by atoms with Crippen LogP contribution in [-0.4, -0.2) is 33.5 Å². The van der Waals surface area contributed by atoms with Gasteiger partial charge in [-0.3, -0.25) is 14.6 Å². The van der Waals surface area contributed by atoms with Crippen molar-refractivity contribution < 1.29 is 9.53 Å². The van der Waals surface area contributed by atoms with E-state index in [1.807, 2.05) is 31.2 Å².